The fraction of sp³-hybridized carbons (Fsp3) is 0.0769. The Hall–Kier alpha value is -4.99. The molecule has 3 heterocycles. The summed E-state index contributed by atoms with van der Waals surface area (Å²) in [5.74, 6) is 0.440. The highest BCUT2D eigenvalue weighted by Gasteiger charge is 2.24. The number of hydrogen-bond donors (Lipinski definition) is 2. The summed E-state index contributed by atoms with van der Waals surface area (Å²) in [7, 11) is 0. The van der Waals surface area contributed by atoms with E-state index in [1.807, 2.05) is 18.2 Å². The standard InChI is InChI=1S/C26H19FN6O3/c27-17-6-2-1-5-16(17)13-30-33-24(28)22(23-25(33)32-19-8-4-3-7-18(19)31-23)26(34)29-12-15-9-10-20-21(11-15)36-14-35-20/h1-11,13H,12,14,28H2,(H,29,34)/b30-13-. The number of nitrogens with zero attached hydrogens (tertiary/aromatic N) is 4. The summed E-state index contributed by atoms with van der Waals surface area (Å²) in [6, 6.07) is 18.9. The van der Waals surface area contributed by atoms with E-state index in [-0.39, 0.29) is 35.9 Å². The van der Waals surface area contributed by atoms with Crippen molar-refractivity contribution in [1.29, 1.82) is 0 Å². The first-order valence-corrected chi connectivity index (χ1v) is 11.1. The van der Waals surface area contributed by atoms with Crippen LogP contribution in [0.2, 0.25) is 0 Å². The first-order valence-electron chi connectivity index (χ1n) is 11.1. The third-order valence-corrected chi connectivity index (χ3v) is 5.81. The van der Waals surface area contributed by atoms with Crippen molar-refractivity contribution in [2.45, 2.75) is 6.54 Å². The summed E-state index contributed by atoms with van der Waals surface area (Å²) in [6.07, 6.45) is 1.33. The number of hydrogen-bond acceptors (Lipinski definition) is 7. The molecule has 0 spiro atoms. The third kappa shape index (κ3) is 3.74. The van der Waals surface area contributed by atoms with Gasteiger partial charge in [0, 0.05) is 12.1 Å². The second-order valence-electron chi connectivity index (χ2n) is 8.09. The molecule has 0 fully saturated rings. The van der Waals surface area contributed by atoms with Gasteiger partial charge in [-0.2, -0.15) is 9.78 Å². The van der Waals surface area contributed by atoms with E-state index in [1.54, 1.807) is 42.5 Å². The average Bonchev–Trinajstić information content (AvgIpc) is 3.46. The molecule has 0 saturated carbocycles. The van der Waals surface area contributed by atoms with Crippen LogP contribution in [0.3, 0.4) is 0 Å². The number of nitrogens with two attached hydrogens (primary N) is 1. The predicted octanol–water partition coefficient (Wildman–Crippen LogP) is 3.85. The van der Waals surface area contributed by atoms with Crippen molar-refractivity contribution in [2.75, 3.05) is 12.5 Å². The molecule has 178 valence electrons. The van der Waals surface area contributed by atoms with E-state index in [0.717, 1.165) is 5.56 Å². The predicted molar refractivity (Wildman–Crippen MR) is 133 cm³/mol. The van der Waals surface area contributed by atoms with Crippen molar-refractivity contribution in [3.8, 4) is 11.5 Å². The fourth-order valence-corrected chi connectivity index (χ4v) is 4.01. The number of ether oxygens (including phenoxy) is 2. The van der Waals surface area contributed by atoms with Crippen LogP contribution < -0.4 is 20.5 Å². The second kappa shape index (κ2) is 8.66. The van der Waals surface area contributed by atoms with Gasteiger partial charge in [0.2, 0.25) is 6.79 Å². The Morgan fingerprint density at radius 3 is 2.64 bits per heavy atom. The number of para-hydroxylation sites is 2. The molecule has 0 bridgehead atoms. The van der Waals surface area contributed by atoms with E-state index in [9.17, 15) is 9.18 Å². The largest absolute Gasteiger partial charge is 0.454 e. The van der Waals surface area contributed by atoms with Crippen LogP contribution in [0.4, 0.5) is 10.2 Å². The zero-order valence-electron chi connectivity index (χ0n) is 18.8. The number of nitrogen functional groups attached to an aromatic ring is 1. The molecule has 36 heavy (non-hydrogen) atoms. The Labute approximate surface area is 204 Å². The first kappa shape index (κ1) is 21.5. The summed E-state index contributed by atoms with van der Waals surface area (Å²) in [6.45, 7) is 0.391. The number of carbonyl (C=O) groups excluding carboxylic acids is 1. The number of amides is 1. The van der Waals surface area contributed by atoms with Crippen molar-refractivity contribution in [3.05, 3.63) is 89.2 Å². The van der Waals surface area contributed by atoms with E-state index in [2.05, 4.69) is 20.4 Å². The van der Waals surface area contributed by atoms with Crippen LogP contribution in [0.15, 0.2) is 71.8 Å². The molecule has 0 radical (unpaired) electrons. The van der Waals surface area contributed by atoms with Crippen molar-refractivity contribution in [1.82, 2.24) is 20.0 Å². The van der Waals surface area contributed by atoms with E-state index >= 15 is 0 Å². The lowest BCUT2D eigenvalue weighted by Crippen LogP contribution is -2.23. The summed E-state index contributed by atoms with van der Waals surface area (Å²) >= 11 is 0. The van der Waals surface area contributed by atoms with Crippen LogP contribution in [0, 0.1) is 5.82 Å². The molecule has 1 amide bonds. The Bertz CT molecular complexity index is 1680. The molecule has 0 saturated heterocycles. The van der Waals surface area contributed by atoms with E-state index in [4.69, 9.17) is 15.2 Å². The fourth-order valence-electron chi connectivity index (χ4n) is 4.01. The molecule has 2 aromatic heterocycles. The topological polar surface area (TPSA) is 117 Å². The maximum absolute atomic E-state index is 14.2. The monoisotopic (exact) mass is 482 g/mol. The van der Waals surface area contributed by atoms with Crippen molar-refractivity contribution < 1.29 is 18.7 Å². The molecular formula is C26H19FN6O3. The van der Waals surface area contributed by atoms with Crippen LogP contribution in [-0.2, 0) is 6.54 Å². The molecule has 0 aliphatic carbocycles. The quantitative estimate of drug-likeness (QED) is 0.368. The van der Waals surface area contributed by atoms with Crippen molar-refractivity contribution >= 4 is 40.1 Å². The number of benzene rings is 3. The highest BCUT2D eigenvalue weighted by molar-refractivity contribution is 6.10. The van der Waals surface area contributed by atoms with Gasteiger partial charge in [-0.1, -0.05) is 36.4 Å². The number of fused-ring (bicyclic) bond motifs is 3. The van der Waals surface area contributed by atoms with Gasteiger partial charge in [-0.3, -0.25) is 4.79 Å². The van der Waals surface area contributed by atoms with Crippen LogP contribution in [0.1, 0.15) is 21.5 Å². The zero-order chi connectivity index (χ0) is 24.6. The average molecular weight is 482 g/mol. The van der Waals surface area contributed by atoms with E-state index in [0.29, 0.717) is 28.0 Å². The number of aromatic nitrogens is 3. The molecule has 0 atom stereocenters. The summed E-state index contributed by atoms with van der Waals surface area (Å²) in [5.41, 5.74) is 9.41. The molecule has 9 nitrogen and oxygen atoms in total. The highest BCUT2D eigenvalue weighted by atomic mass is 19.1. The molecular weight excluding hydrogens is 463 g/mol. The maximum atomic E-state index is 14.2. The van der Waals surface area contributed by atoms with Gasteiger partial charge in [-0.15, -0.1) is 0 Å². The van der Waals surface area contributed by atoms with E-state index < -0.39 is 11.7 Å². The number of rotatable bonds is 5. The van der Waals surface area contributed by atoms with Crippen LogP contribution in [0.5, 0.6) is 11.5 Å². The summed E-state index contributed by atoms with van der Waals surface area (Å²) < 4.78 is 26.2. The van der Waals surface area contributed by atoms with Gasteiger partial charge in [-0.25, -0.2) is 14.4 Å². The molecule has 0 unspecified atom stereocenters. The lowest BCUT2D eigenvalue weighted by atomic mass is 10.2. The zero-order valence-corrected chi connectivity index (χ0v) is 18.8. The smallest absolute Gasteiger partial charge is 0.257 e. The van der Waals surface area contributed by atoms with Gasteiger partial charge in [0.1, 0.15) is 22.7 Å². The lowest BCUT2D eigenvalue weighted by Gasteiger charge is -2.06. The normalized spacial score (nSPS) is 12.6. The van der Waals surface area contributed by atoms with Crippen molar-refractivity contribution in [3.63, 3.8) is 0 Å². The minimum Gasteiger partial charge on any atom is -0.454 e. The number of anilines is 1. The van der Waals surface area contributed by atoms with E-state index in [1.165, 1.54) is 17.0 Å². The van der Waals surface area contributed by atoms with Gasteiger partial charge < -0.3 is 20.5 Å². The molecule has 5 aromatic rings. The molecule has 3 aromatic carbocycles. The minimum atomic E-state index is -0.445. The Morgan fingerprint density at radius 1 is 1.06 bits per heavy atom. The third-order valence-electron chi connectivity index (χ3n) is 5.81. The Balaban J connectivity index is 1.40. The Morgan fingerprint density at radius 2 is 1.81 bits per heavy atom. The van der Waals surface area contributed by atoms with Gasteiger partial charge in [0.15, 0.2) is 17.1 Å². The maximum Gasteiger partial charge on any atom is 0.257 e. The summed E-state index contributed by atoms with van der Waals surface area (Å²) in [5, 5.41) is 7.22. The van der Waals surface area contributed by atoms with Crippen LogP contribution in [-0.4, -0.2) is 33.6 Å². The number of halogens is 1. The molecule has 1 aliphatic rings. The van der Waals surface area contributed by atoms with Crippen molar-refractivity contribution in [2.24, 2.45) is 5.10 Å². The van der Waals surface area contributed by atoms with Gasteiger partial charge in [-0.05, 0) is 35.9 Å². The van der Waals surface area contributed by atoms with Gasteiger partial charge in [0.25, 0.3) is 5.91 Å². The number of carbonyl (C=O) groups is 1. The molecule has 1 aliphatic heterocycles. The van der Waals surface area contributed by atoms with Gasteiger partial charge >= 0.3 is 0 Å². The first-order chi connectivity index (χ1) is 17.6. The van der Waals surface area contributed by atoms with Gasteiger partial charge in [0.05, 0.1) is 17.2 Å². The van der Waals surface area contributed by atoms with Crippen LogP contribution >= 0.6 is 0 Å². The highest BCUT2D eigenvalue weighted by Crippen LogP contribution is 2.33. The SMILES string of the molecule is Nc1c(C(=O)NCc2ccc3c(c2)OCO3)c2nc3ccccc3nc2n1/N=C\c1ccccc1F. The Kier molecular flexibility index (Phi) is 5.18. The minimum absolute atomic E-state index is 0.0380. The lowest BCUT2D eigenvalue weighted by molar-refractivity contribution is 0.0953. The molecule has 3 N–H and O–H groups in total. The molecule has 6 rings (SSSR count). The van der Waals surface area contributed by atoms with Crippen LogP contribution in [0.25, 0.3) is 22.2 Å². The summed E-state index contributed by atoms with van der Waals surface area (Å²) in [4.78, 5) is 22.6. The second-order valence-corrected chi connectivity index (χ2v) is 8.09. The molecule has 10 heteroatoms. The number of nitrogens with one attached hydrogen (secondary N) is 1.